The molecule has 0 saturated carbocycles. The fraction of sp³-hybridized carbons (Fsp3) is 0.342. The van der Waals surface area contributed by atoms with Gasteiger partial charge >= 0.3 is 5.97 Å². The summed E-state index contributed by atoms with van der Waals surface area (Å²) in [5.41, 5.74) is 4.95. The molecule has 0 spiro atoms. The highest BCUT2D eigenvalue weighted by Gasteiger charge is 2.23. The van der Waals surface area contributed by atoms with Crippen LogP contribution in [0, 0.1) is 5.92 Å². The number of aliphatic carboxylic acids is 1. The van der Waals surface area contributed by atoms with Crippen molar-refractivity contribution in [3.8, 4) is 28.3 Å². The fourth-order valence-corrected chi connectivity index (χ4v) is 4.74. The molecule has 0 aliphatic carbocycles. The zero-order chi connectivity index (χ0) is 34.0. The van der Waals surface area contributed by atoms with Crippen LogP contribution in [0.25, 0.3) is 22.5 Å². The van der Waals surface area contributed by atoms with E-state index in [2.05, 4.69) is 55.2 Å². The quantitative estimate of drug-likeness (QED) is 0.145. The maximum atomic E-state index is 13.1. The van der Waals surface area contributed by atoms with Gasteiger partial charge in [0.05, 0.1) is 13.0 Å². The minimum atomic E-state index is -1.02. The Morgan fingerprint density at radius 2 is 1.47 bits per heavy atom. The van der Waals surface area contributed by atoms with Crippen molar-refractivity contribution in [2.45, 2.75) is 65.3 Å². The van der Waals surface area contributed by atoms with E-state index < -0.39 is 17.9 Å². The van der Waals surface area contributed by atoms with E-state index in [4.69, 9.17) is 9.84 Å². The van der Waals surface area contributed by atoms with Gasteiger partial charge in [-0.1, -0.05) is 89.6 Å². The second kappa shape index (κ2) is 16.0. The number of rotatable bonds is 14. The van der Waals surface area contributed by atoms with E-state index in [-0.39, 0.29) is 30.7 Å². The fourth-order valence-electron chi connectivity index (χ4n) is 4.74. The minimum absolute atomic E-state index is 0.0384. The first-order chi connectivity index (χ1) is 22.4. The van der Waals surface area contributed by atoms with Crippen LogP contribution in [0.2, 0.25) is 0 Å². The maximum Gasteiger partial charge on any atom is 0.305 e. The topological polar surface area (TPSA) is 131 Å². The molecule has 1 heterocycles. The van der Waals surface area contributed by atoms with Gasteiger partial charge in [0.1, 0.15) is 11.8 Å². The van der Waals surface area contributed by atoms with Gasteiger partial charge in [0, 0.05) is 42.0 Å². The van der Waals surface area contributed by atoms with E-state index in [1.54, 1.807) is 24.5 Å². The Morgan fingerprint density at radius 3 is 2.04 bits per heavy atom. The van der Waals surface area contributed by atoms with Crippen molar-refractivity contribution in [3.63, 3.8) is 0 Å². The Hall–Kier alpha value is -5.05. The number of amides is 2. The number of hydrogen-bond acceptors (Lipinski definition) is 6. The standard InChI is InChI=1S/C38H44N4O5/c1-6-25(2)24-47-32-17-13-27(14-18-32)30-22-40-35(41-23-30)28-9-7-26(8-10-28)21-33(37(46)39-20-19-34(43)44)42-36(45)29-11-15-31(16-12-29)38(3,4)5/h7-18,22-23,25,33H,6,19-21,24H2,1-5H3,(H,39,46)(H,42,45)(H,43,44)/t25?,33-/m0/s1. The van der Waals surface area contributed by atoms with Crippen LogP contribution in [-0.4, -0.2) is 52.1 Å². The SMILES string of the molecule is CCC(C)COc1ccc(-c2cnc(-c3ccc(C[C@H](NC(=O)c4ccc(C(C)(C)C)cc4)C(=O)NCCC(=O)O)cc3)nc2)cc1. The van der Waals surface area contributed by atoms with Crippen LogP contribution in [0.3, 0.4) is 0 Å². The molecular formula is C38H44N4O5. The first-order valence-electron chi connectivity index (χ1n) is 16.0. The van der Waals surface area contributed by atoms with E-state index in [9.17, 15) is 14.4 Å². The molecule has 3 aromatic carbocycles. The van der Waals surface area contributed by atoms with Crippen molar-refractivity contribution < 1.29 is 24.2 Å². The molecule has 2 atom stereocenters. The van der Waals surface area contributed by atoms with Crippen LogP contribution in [0.4, 0.5) is 0 Å². The summed E-state index contributed by atoms with van der Waals surface area (Å²) in [6.45, 7) is 11.2. The molecule has 3 N–H and O–H groups in total. The highest BCUT2D eigenvalue weighted by molar-refractivity contribution is 5.97. The van der Waals surface area contributed by atoms with Gasteiger partial charge in [0.15, 0.2) is 5.82 Å². The van der Waals surface area contributed by atoms with E-state index >= 15 is 0 Å². The molecule has 0 radical (unpaired) electrons. The van der Waals surface area contributed by atoms with Crippen molar-refractivity contribution in [1.82, 2.24) is 20.6 Å². The van der Waals surface area contributed by atoms with E-state index in [1.807, 2.05) is 60.7 Å². The number of nitrogens with one attached hydrogen (secondary N) is 2. The third-order valence-electron chi connectivity index (χ3n) is 8.00. The predicted octanol–water partition coefficient (Wildman–Crippen LogP) is 6.47. The number of benzene rings is 3. The van der Waals surface area contributed by atoms with Gasteiger partial charge in [0.2, 0.25) is 5.91 Å². The number of aromatic nitrogens is 2. The third-order valence-corrected chi connectivity index (χ3v) is 8.00. The van der Waals surface area contributed by atoms with E-state index in [0.717, 1.165) is 40.0 Å². The van der Waals surface area contributed by atoms with Gasteiger partial charge < -0.3 is 20.5 Å². The normalized spacial score (nSPS) is 12.5. The molecule has 246 valence electrons. The molecule has 4 rings (SSSR count). The van der Waals surface area contributed by atoms with Gasteiger partial charge in [-0.25, -0.2) is 9.97 Å². The lowest BCUT2D eigenvalue weighted by atomic mass is 9.86. The molecule has 1 unspecified atom stereocenters. The highest BCUT2D eigenvalue weighted by Crippen LogP contribution is 2.25. The van der Waals surface area contributed by atoms with Gasteiger partial charge in [-0.2, -0.15) is 0 Å². The third kappa shape index (κ3) is 10.2. The van der Waals surface area contributed by atoms with Crippen LogP contribution < -0.4 is 15.4 Å². The summed E-state index contributed by atoms with van der Waals surface area (Å²) in [5.74, 6) is 0.0376. The zero-order valence-electron chi connectivity index (χ0n) is 27.7. The van der Waals surface area contributed by atoms with Crippen molar-refractivity contribution in [1.29, 1.82) is 0 Å². The molecule has 0 aliphatic heterocycles. The van der Waals surface area contributed by atoms with Crippen LogP contribution in [0.1, 0.15) is 68.9 Å². The Bertz CT molecular complexity index is 1630. The minimum Gasteiger partial charge on any atom is -0.493 e. The highest BCUT2D eigenvalue weighted by atomic mass is 16.5. The van der Waals surface area contributed by atoms with Crippen molar-refractivity contribution in [2.75, 3.05) is 13.2 Å². The van der Waals surface area contributed by atoms with Gasteiger partial charge in [-0.15, -0.1) is 0 Å². The average Bonchev–Trinajstić information content (AvgIpc) is 3.07. The summed E-state index contributed by atoms with van der Waals surface area (Å²) in [4.78, 5) is 46.3. The van der Waals surface area contributed by atoms with Crippen LogP contribution >= 0.6 is 0 Å². The summed E-state index contributed by atoms with van der Waals surface area (Å²) in [6, 6.07) is 21.8. The summed E-state index contributed by atoms with van der Waals surface area (Å²) >= 11 is 0. The second-order valence-electron chi connectivity index (χ2n) is 12.8. The summed E-state index contributed by atoms with van der Waals surface area (Å²) in [6.07, 6.45) is 4.64. The summed E-state index contributed by atoms with van der Waals surface area (Å²) in [5, 5.41) is 14.4. The van der Waals surface area contributed by atoms with Crippen LogP contribution in [-0.2, 0) is 21.4 Å². The Labute approximate surface area is 276 Å². The molecule has 4 aromatic rings. The molecule has 2 amide bonds. The maximum absolute atomic E-state index is 13.1. The van der Waals surface area contributed by atoms with Gasteiger partial charge in [-0.3, -0.25) is 14.4 Å². The lowest BCUT2D eigenvalue weighted by molar-refractivity contribution is -0.137. The molecule has 1 aromatic heterocycles. The van der Waals surface area contributed by atoms with Gasteiger partial charge in [0.25, 0.3) is 5.91 Å². The van der Waals surface area contributed by atoms with E-state index in [0.29, 0.717) is 23.9 Å². The zero-order valence-corrected chi connectivity index (χ0v) is 27.7. The molecule has 0 aliphatic rings. The van der Waals surface area contributed by atoms with E-state index in [1.165, 1.54) is 0 Å². The Balaban J connectivity index is 1.43. The largest absolute Gasteiger partial charge is 0.493 e. The number of ether oxygens (including phenoxy) is 1. The van der Waals surface area contributed by atoms with Crippen LogP contribution in [0.15, 0.2) is 85.2 Å². The van der Waals surface area contributed by atoms with Crippen molar-refractivity contribution >= 4 is 17.8 Å². The molecule has 0 saturated heterocycles. The monoisotopic (exact) mass is 636 g/mol. The van der Waals surface area contributed by atoms with Gasteiger partial charge in [-0.05, 0) is 52.3 Å². The Kier molecular flexibility index (Phi) is 11.8. The number of carbonyl (C=O) groups is 3. The smallest absolute Gasteiger partial charge is 0.305 e. The number of nitrogens with zero attached hydrogens (tertiary/aromatic N) is 2. The second-order valence-corrected chi connectivity index (χ2v) is 12.8. The Morgan fingerprint density at radius 1 is 0.851 bits per heavy atom. The molecule has 0 bridgehead atoms. The first kappa shape index (κ1) is 34.8. The summed E-state index contributed by atoms with van der Waals surface area (Å²) in [7, 11) is 0. The lowest BCUT2D eigenvalue weighted by Gasteiger charge is -2.20. The molecular weight excluding hydrogens is 592 g/mol. The number of hydrogen-bond donors (Lipinski definition) is 3. The van der Waals surface area contributed by atoms with Crippen LogP contribution in [0.5, 0.6) is 5.75 Å². The average molecular weight is 637 g/mol. The van der Waals surface area contributed by atoms with Crippen molar-refractivity contribution in [3.05, 3.63) is 102 Å². The molecule has 9 nitrogen and oxygen atoms in total. The number of carboxylic acid groups (broad SMARTS) is 1. The number of carbonyl (C=O) groups excluding carboxylic acids is 2. The molecule has 0 fully saturated rings. The first-order valence-corrected chi connectivity index (χ1v) is 16.0. The molecule has 9 heteroatoms. The summed E-state index contributed by atoms with van der Waals surface area (Å²) < 4.78 is 5.86. The van der Waals surface area contributed by atoms with Crippen molar-refractivity contribution in [2.24, 2.45) is 5.92 Å². The number of carboxylic acids is 1. The lowest BCUT2D eigenvalue weighted by Crippen LogP contribution is -2.48. The molecule has 47 heavy (non-hydrogen) atoms. The predicted molar refractivity (Wildman–Crippen MR) is 183 cm³/mol.